The first-order chi connectivity index (χ1) is 9.24. The second kappa shape index (κ2) is 6.58. The number of methoxy groups -OCH3 is 2. The Kier molecular flexibility index (Phi) is 4.81. The summed E-state index contributed by atoms with van der Waals surface area (Å²) in [6, 6.07) is 3.94. The molecule has 5 nitrogen and oxygen atoms in total. The molecule has 2 rings (SSSR count). The first-order valence-corrected chi connectivity index (χ1v) is 6.52. The van der Waals surface area contributed by atoms with Crippen molar-refractivity contribution in [3.05, 3.63) is 40.5 Å². The highest BCUT2D eigenvalue weighted by molar-refractivity contribution is 9.10. The summed E-state index contributed by atoms with van der Waals surface area (Å²) in [6.07, 6.45) is 3.04. The van der Waals surface area contributed by atoms with Crippen molar-refractivity contribution in [3.8, 4) is 11.5 Å². The molecule has 0 aliphatic carbocycles. The molecule has 0 atom stereocenters. The number of aromatic nitrogens is 1. The van der Waals surface area contributed by atoms with Crippen molar-refractivity contribution in [1.82, 2.24) is 10.3 Å². The zero-order chi connectivity index (χ0) is 13.7. The van der Waals surface area contributed by atoms with Crippen LogP contribution in [0.5, 0.6) is 11.5 Å². The minimum absolute atomic E-state index is 0.655. The van der Waals surface area contributed by atoms with Gasteiger partial charge in [0.1, 0.15) is 6.26 Å². The van der Waals surface area contributed by atoms with Gasteiger partial charge in [-0.1, -0.05) is 0 Å². The van der Waals surface area contributed by atoms with E-state index in [1.807, 2.05) is 12.1 Å². The number of rotatable bonds is 6. The molecule has 0 saturated heterocycles. The smallest absolute Gasteiger partial charge is 0.180 e. The van der Waals surface area contributed by atoms with Crippen LogP contribution in [0, 0.1) is 0 Å². The molecule has 0 spiro atoms. The maximum atomic E-state index is 5.30. The fourth-order valence-electron chi connectivity index (χ4n) is 1.73. The van der Waals surface area contributed by atoms with Crippen molar-refractivity contribution in [1.29, 1.82) is 0 Å². The fourth-order valence-corrected chi connectivity index (χ4v) is 2.38. The van der Waals surface area contributed by atoms with Crippen LogP contribution in [0.3, 0.4) is 0 Å². The molecular formula is C13H15BrN2O3. The van der Waals surface area contributed by atoms with Gasteiger partial charge in [-0.2, -0.15) is 0 Å². The lowest BCUT2D eigenvalue weighted by Gasteiger charge is -2.12. The van der Waals surface area contributed by atoms with E-state index in [0.717, 1.165) is 15.7 Å². The van der Waals surface area contributed by atoms with E-state index in [0.29, 0.717) is 24.6 Å². The Morgan fingerprint density at radius 3 is 2.74 bits per heavy atom. The van der Waals surface area contributed by atoms with E-state index in [-0.39, 0.29) is 0 Å². The molecule has 1 N–H and O–H groups in total. The molecule has 1 heterocycles. The van der Waals surface area contributed by atoms with Crippen molar-refractivity contribution >= 4 is 15.9 Å². The lowest BCUT2D eigenvalue weighted by atomic mass is 10.2. The third-order valence-corrected chi connectivity index (χ3v) is 3.20. The molecule has 0 bridgehead atoms. The standard InChI is InChI=1S/C13H15BrN2O3/c1-17-12-4-9(3-11(14)13(12)18-2)5-15-6-10-7-19-8-16-10/h3-4,7-8,15H,5-6H2,1-2H3. The van der Waals surface area contributed by atoms with Gasteiger partial charge in [0.2, 0.25) is 0 Å². The van der Waals surface area contributed by atoms with Crippen LogP contribution in [-0.4, -0.2) is 19.2 Å². The summed E-state index contributed by atoms with van der Waals surface area (Å²) in [5.41, 5.74) is 1.97. The maximum absolute atomic E-state index is 5.30. The molecule has 1 aromatic heterocycles. The Morgan fingerprint density at radius 1 is 1.26 bits per heavy atom. The van der Waals surface area contributed by atoms with Gasteiger partial charge in [-0.25, -0.2) is 4.98 Å². The predicted molar refractivity (Wildman–Crippen MR) is 74.3 cm³/mol. The van der Waals surface area contributed by atoms with Crippen LogP contribution < -0.4 is 14.8 Å². The van der Waals surface area contributed by atoms with Crippen LogP contribution >= 0.6 is 15.9 Å². The second-order valence-corrected chi connectivity index (χ2v) is 4.75. The van der Waals surface area contributed by atoms with Gasteiger partial charge in [-0.05, 0) is 33.6 Å². The van der Waals surface area contributed by atoms with Crippen molar-refractivity contribution in [3.63, 3.8) is 0 Å². The van der Waals surface area contributed by atoms with Gasteiger partial charge >= 0.3 is 0 Å². The Morgan fingerprint density at radius 2 is 2.11 bits per heavy atom. The van der Waals surface area contributed by atoms with Crippen LogP contribution in [0.15, 0.2) is 33.7 Å². The highest BCUT2D eigenvalue weighted by Gasteiger charge is 2.10. The fraction of sp³-hybridized carbons (Fsp3) is 0.308. The number of benzene rings is 1. The number of halogens is 1. The average Bonchev–Trinajstić information content (AvgIpc) is 2.91. The molecule has 0 radical (unpaired) electrons. The van der Waals surface area contributed by atoms with Gasteiger partial charge in [0, 0.05) is 13.1 Å². The molecule has 1 aromatic carbocycles. The quantitative estimate of drug-likeness (QED) is 0.884. The summed E-state index contributed by atoms with van der Waals surface area (Å²) >= 11 is 3.47. The van der Waals surface area contributed by atoms with Crippen molar-refractivity contribution in [2.75, 3.05) is 14.2 Å². The molecule has 6 heteroatoms. The Bertz CT molecular complexity index is 529. The van der Waals surface area contributed by atoms with Crippen LogP contribution in [0.2, 0.25) is 0 Å². The average molecular weight is 327 g/mol. The number of oxazole rings is 1. The molecule has 2 aromatic rings. The highest BCUT2D eigenvalue weighted by atomic mass is 79.9. The lowest BCUT2D eigenvalue weighted by molar-refractivity contribution is 0.352. The molecule has 0 unspecified atom stereocenters. The van der Waals surface area contributed by atoms with Crippen LogP contribution in [-0.2, 0) is 13.1 Å². The summed E-state index contributed by atoms with van der Waals surface area (Å²) in [4.78, 5) is 4.04. The number of hydrogen-bond donors (Lipinski definition) is 1. The van der Waals surface area contributed by atoms with Crippen molar-refractivity contribution < 1.29 is 13.9 Å². The molecule has 19 heavy (non-hydrogen) atoms. The van der Waals surface area contributed by atoms with E-state index in [2.05, 4.69) is 26.2 Å². The van der Waals surface area contributed by atoms with Crippen LogP contribution in [0.4, 0.5) is 0 Å². The Balaban J connectivity index is 2.02. The number of nitrogens with one attached hydrogen (secondary N) is 1. The number of hydrogen-bond acceptors (Lipinski definition) is 5. The zero-order valence-corrected chi connectivity index (χ0v) is 12.4. The van der Waals surface area contributed by atoms with Gasteiger partial charge < -0.3 is 19.2 Å². The largest absolute Gasteiger partial charge is 0.493 e. The summed E-state index contributed by atoms with van der Waals surface area (Å²) in [6.45, 7) is 1.36. The van der Waals surface area contributed by atoms with Gasteiger partial charge in [-0.15, -0.1) is 0 Å². The van der Waals surface area contributed by atoms with Gasteiger partial charge in [0.25, 0.3) is 0 Å². The van der Waals surface area contributed by atoms with Crippen molar-refractivity contribution in [2.45, 2.75) is 13.1 Å². The summed E-state index contributed by atoms with van der Waals surface area (Å²) in [7, 11) is 3.24. The Hall–Kier alpha value is -1.53. The third kappa shape index (κ3) is 3.48. The van der Waals surface area contributed by atoms with E-state index in [1.54, 1.807) is 20.5 Å². The molecule has 0 fully saturated rings. The number of ether oxygens (including phenoxy) is 2. The summed E-state index contributed by atoms with van der Waals surface area (Å²) < 4.78 is 16.3. The molecule has 102 valence electrons. The second-order valence-electron chi connectivity index (χ2n) is 3.90. The van der Waals surface area contributed by atoms with Gasteiger partial charge in [0.05, 0.1) is 24.4 Å². The van der Waals surface area contributed by atoms with Crippen LogP contribution in [0.25, 0.3) is 0 Å². The minimum Gasteiger partial charge on any atom is -0.493 e. The van der Waals surface area contributed by atoms with Gasteiger partial charge in [0.15, 0.2) is 17.9 Å². The topological polar surface area (TPSA) is 56.5 Å². The highest BCUT2D eigenvalue weighted by Crippen LogP contribution is 2.36. The minimum atomic E-state index is 0.655. The van der Waals surface area contributed by atoms with E-state index in [9.17, 15) is 0 Å². The van der Waals surface area contributed by atoms with E-state index in [1.165, 1.54) is 6.39 Å². The monoisotopic (exact) mass is 326 g/mol. The van der Waals surface area contributed by atoms with Gasteiger partial charge in [-0.3, -0.25) is 0 Å². The van der Waals surface area contributed by atoms with E-state index in [4.69, 9.17) is 13.9 Å². The predicted octanol–water partition coefficient (Wildman–Crippen LogP) is 2.74. The molecular weight excluding hydrogens is 312 g/mol. The molecule has 0 aliphatic rings. The summed E-state index contributed by atoms with van der Waals surface area (Å²) in [5.74, 6) is 1.40. The Labute approximate surface area is 120 Å². The molecule has 0 saturated carbocycles. The first-order valence-electron chi connectivity index (χ1n) is 5.72. The van der Waals surface area contributed by atoms with E-state index < -0.39 is 0 Å². The summed E-state index contributed by atoms with van der Waals surface area (Å²) in [5, 5.41) is 3.28. The lowest BCUT2D eigenvalue weighted by Crippen LogP contribution is -2.13. The molecule has 0 amide bonds. The molecule has 0 aliphatic heterocycles. The van der Waals surface area contributed by atoms with Crippen molar-refractivity contribution in [2.24, 2.45) is 0 Å². The normalized spacial score (nSPS) is 10.5. The van der Waals surface area contributed by atoms with Crippen LogP contribution in [0.1, 0.15) is 11.3 Å². The van der Waals surface area contributed by atoms with E-state index >= 15 is 0 Å². The first kappa shape index (κ1) is 13.9. The number of nitrogens with zero attached hydrogens (tertiary/aromatic N) is 1. The SMILES string of the molecule is COc1cc(CNCc2cocn2)cc(Br)c1OC. The third-order valence-electron chi connectivity index (χ3n) is 2.61. The maximum Gasteiger partial charge on any atom is 0.180 e. The zero-order valence-electron chi connectivity index (χ0n) is 10.8.